The lowest BCUT2D eigenvalue weighted by atomic mass is 10.2. The second kappa shape index (κ2) is 3.03. The highest BCUT2D eigenvalue weighted by atomic mass is 32.2. The van der Waals surface area contributed by atoms with Gasteiger partial charge in [-0.3, -0.25) is 0 Å². The Morgan fingerprint density at radius 2 is 2.00 bits per heavy atom. The smallest absolute Gasteiger partial charge is 0.285 e. The summed E-state index contributed by atoms with van der Waals surface area (Å²) in [7, 11) is -0.474. The first-order valence-corrected chi connectivity index (χ1v) is 5.68. The average Bonchev–Trinajstić information content (AvgIpc) is 2.40. The zero-order valence-electron chi connectivity index (χ0n) is 8.23. The van der Waals surface area contributed by atoms with Crippen molar-refractivity contribution in [1.82, 2.24) is 4.90 Å². The van der Waals surface area contributed by atoms with Crippen LogP contribution in [-0.2, 0) is 10.0 Å². The Kier molecular flexibility index (Phi) is 2.04. The van der Waals surface area contributed by atoms with E-state index < -0.39 is 15.8 Å². The molecule has 0 spiro atoms. The minimum atomic E-state index is -3.72. The van der Waals surface area contributed by atoms with Crippen LogP contribution >= 0.6 is 0 Å². The third-order valence-electron chi connectivity index (χ3n) is 2.11. The van der Waals surface area contributed by atoms with E-state index in [1.54, 1.807) is 14.1 Å². The van der Waals surface area contributed by atoms with Crippen molar-refractivity contribution in [2.75, 3.05) is 14.1 Å². The Balaban J connectivity index is 2.80. The zero-order chi connectivity index (χ0) is 11.2. The second-order valence-electron chi connectivity index (χ2n) is 3.40. The Morgan fingerprint density at radius 3 is 2.60 bits per heavy atom. The van der Waals surface area contributed by atoms with Crippen molar-refractivity contribution in [3.05, 3.63) is 29.6 Å². The van der Waals surface area contributed by atoms with Crippen LogP contribution in [0.3, 0.4) is 0 Å². The van der Waals surface area contributed by atoms with E-state index >= 15 is 0 Å². The maximum absolute atomic E-state index is 13.5. The Morgan fingerprint density at radius 1 is 1.33 bits per heavy atom. The van der Waals surface area contributed by atoms with Gasteiger partial charge in [-0.05, 0) is 12.1 Å². The van der Waals surface area contributed by atoms with Crippen molar-refractivity contribution in [3.8, 4) is 0 Å². The van der Waals surface area contributed by atoms with Crippen LogP contribution in [0.2, 0.25) is 0 Å². The molecule has 0 bridgehead atoms. The molecule has 15 heavy (non-hydrogen) atoms. The van der Waals surface area contributed by atoms with Crippen molar-refractivity contribution in [2.45, 2.75) is 4.90 Å². The van der Waals surface area contributed by atoms with Crippen LogP contribution in [0.15, 0.2) is 27.5 Å². The first-order valence-electron chi connectivity index (χ1n) is 4.24. The van der Waals surface area contributed by atoms with Crippen LogP contribution in [0.4, 0.5) is 4.39 Å². The fourth-order valence-electron chi connectivity index (χ4n) is 1.45. The van der Waals surface area contributed by atoms with Crippen LogP contribution < -0.4 is 0 Å². The Hall–Kier alpha value is -1.43. The predicted molar refractivity (Wildman–Crippen MR) is 53.8 cm³/mol. The van der Waals surface area contributed by atoms with E-state index in [0.29, 0.717) is 0 Å². The van der Waals surface area contributed by atoms with Crippen LogP contribution in [0.1, 0.15) is 5.56 Å². The number of hydrogen-bond donors (Lipinski definition) is 0. The maximum Gasteiger partial charge on any atom is 0.285 e. The number of benzene rings is 1. The number of hydrogen-bond acceptors (Lipinski definition) is 3. The van der Waals surface area contributed by atoms with Gasteiger partial charge in [0.15, 0.2) is 5.84 Å². The molecular formula is C9H9FN2O2S. The topological polar surface area (TPSA) is 49.7 Å². The van der Waals surface area contributed by atoms with Gasteiger partial charge in [-0.1, -0.05) is 6.07 Å². The molecular weight excluding hydrogens is 219 g/mol. The van der Waals surface area contributed by atoms with Crippen molar-refractivity contribution >= 4 is 15.9 Å². The molecule has 0 saturated heterocycles. The summed E-state index contributed by atoms with van der Waals surface area (Å²) in [4.78, 5) is 1.41. The molecule has 0 N–H and O–H groups in total. The molecule has 0 saturated carbocycles. The molecule has 0 unspecified atom stereocenters. The van der Waals surface area contributed by atoms with Crippen LogP contribution in [-0.4, -0.2) is 33.2 Å². The molecule has 0 aliphatic carbocycles. The summed E-state index contributed by atoms with van der Waals surface area (Å²) in [5.41, 5.74) is 0.0579. The number of fused-ring (bicyclic) bond motifs is 1. The summed E-state index contributed by atoms with van der Waals surface area (Å²) in [5.74, 6) is -0.427. The van der Waals surface area contributed by atoms with Crippen LogP contribution in [0.25, 0.3) is 0 Å². The molecule has 80 valence electrons. The van der Waals surface area contributed by atoms with Crippen LogP contribution in [0, 0.1) is 5.82 Å². The molecule has 0 atom stereocenters. The lowest BCUT2D eigenvalue weighted by Crippen LogP contribution is -2.22. The lowest BCUT2D eigenvalue weighted by Gasteiger charge is -2.11. The van der Waals surface area contributed by atoms with Gasteiger partial charge in [0.2, 0.25) is 0 Å². The third-order valence-corrected chi connectivity index (χ3v) is 3.42. The molecule has 2 rings (SSSR count). The fraction of sp³-hybridized carbons (Fsp3) is 0.222. The number of halogens is 1. The normalized spacial score (nSPS) is 17.1. The average molecular weight is 228 g/mol. The molecule has 6 heteroatoms. The van der Waals surface area contributed by atoms with Gasteiger partial charge >= 0.3 is 0 Å². The summed E-state index contributed by atoms with van der Waals surface area (Å²) in [6.45, 7) is 0. The van der Waals surface area contributed by atoms with E-state index in [1.807, 2.05) is 0 Å². The Bertz CT molecular complexity index is 549. The highest BCUT2D eigenvalue weighted by Crippen LogP contribution is 2.28. The lowest BCUT2D eigenvalue weighted by molar-refractivity contribution is 0.593. The fourth-order valence-corrected chi connectivity index (χ4v) is 2.73. The monoisotopic (exact) mass is 228 g/mol. The van der Waals surface area contributed by atoms with Gasteiger partial charge in [0.05, 0.1) is 5.56 Å². The molecule has 1 aliphatic heterocycles. The highest BCUT2D eigenvalue weighted by Gasteiger charge is 2.32. The standard InChI is InChI=1S/C9H9FN2O2S/c1-12(2)9-8-6(10)4-3-5-7(8)15(13,14)11-9/h3-5H,1-2H3. The van der Waals surface area contributed by atoms with E-state index in [-0.39, 0.29) is 16.3 Å². The predicted octanol–water partition coefficient (Wildman–Crippen LogP) is 0.836. The number of nitrogens with zero attached hydrogens (tertiary/aromatic N) is 2. The first kappa shape index (κ1) is 10.1. The molecule has 0 amide bonds. The van der Waals surface area contributed by atoms with E-state index in [9.17, 15) is 12.8 Å². The summed E-state index contributed by atoms with van der Waals surface area (Å²) in [6.07, 6.45) is 0. The zero-order valence-corrected chi connectivity index (χ0v) is 9.05. The number of amidine groups is 1. The first-order chi connectivity index (χ1) is 6.93. The third kappa shape index (κ3) is 1.41. The van der Waals surface area contributed by atoms with Crippen LogP contribution in [0.5, 0.6) is 0 Å². The van der Waals surface area contributed by atoms with Gasteiger partial charge < -0.3 is 4.90 Å². The van der Waals surface area contributed by atoms with E-state index in [4.69, 9.17) is 0 Å². The molecule has 4 nitrogen and oxygen atoms in total. The van der Waals surface area contributed by atoms with Crippen molar-refractivity contribution in [3.63, 3.8) is 0 Å². The molecule has 1 aromatic carbocycles. The molecule has 0 radical (unpaired) electrons. The molecule has 1 heterocycles. The molecule has 0 aromatic heterocycles. The van der Waals surface area contributed by atoms with Gasteiger partial charge in [-0.15, -0.1) is 4.40 Å². The summed E-state index contributed by atoms with van der Waals surface area (Å²) in [6, 6.07) is 3.94. The van der Waals surface area contributed by atoms with Gasteiger partial charge in [-0.2, -0.15) is 8.42 Å². The van der Waals surface area contributed by atoms with E-state index in [1.165, 1.54) is 23.1 Å². The molecule has 0 fully saturated rings. The van der Waals surface area contributed by atoms with Gasteiger partial charge in [0.25, 0.3) is 10.0 Å². The van der Waals surface area contributed by atoms with Crippen molar-refractivity contribution < 1.29 is 12.8 Å². The van der Waals surface area contributed by atoms with Crippen molar-refractivity contribution in [1.29, 1.82) is 0 Å². The van der Waals surface area contributed by atoms with Gasteiger partial charge in [0, 0.05) is 14.1 Å². The van der Waals surface area contributed by atoms with E-state index in [2.05, 4.69) is 4.40 Å². The summed E-state index contributed by atoms with van der Waals surface area (Å²) in [5, 5.41) is 0. The highest BCUT2D eigenvalue weighted by molar-refractivity contribution is 7.90. The van der Waals surface area contributed by atoms with E-state index in [0.717, 1.165) is 0 Å². The maximum atomic E-state index is 13.5. The largest absolute Gasteiger partial charge is 0.361 e. The minimum absolute atomic E-state index is 0.0579. The molecule has 1 aliphatic rings. The quantitative estimate of drug-likeness (QED) is 0.661. The second-order valence-corrected chi connectivity index (χ2v) is 4.97. The van der Waals surface area contributed by atoms with Crippen molar-refractivity contribution in [2.24, 2.45) is 4.40 Å². The van der Waals surface area contributed by atoms with Gasteiger partial charge in [0.1, 0.15) is 10.7 Å². The molecule has 1 aromatic rings. The Labute approximate surface area is 87.1 Å². The SMILES string of the molecule is CN(C)C1=NS(=O)(=O)c2cccc(F)c21. The van der Waals surface area contributed by atoms with Gasteiger partial charge in [-0.25, -0.2) is 4.39 Å². The summed E-state index contributed by atoms with van der Waals surface area (Å²) >= 11 is 0. The summed E-state index contributed by atoms with van der Waals surface area (Å²) < 4.78 is 40.1. The minimum Gasteiger partial charge on any atom is -0.361 e. The number of sulfonamides is 1. The number of rotatable bonds is 0.